The second-order valence-electron chi connectivity index (χ2n) is 6.55. The Morgan fingerprint density at radius 3 is 2.70 bits per heavy atom. The molecule has 0 spiro atoms. The Balaban J connectivity index is 1.57. The van der Waals surface area contributed by atoms with Crippen LogP contribution in [0.3, 0.4) is 0 Å². The molecule has 1 unspecified atom stereocenters. The van der Waals surface area contributed by atoms with Crippen molar-refractivity contribution < 1.29 is 14.3 Å². The molecule has 1 saturated heterocycles. The number of rotatable bonds is 8. The zero-order chi connectivity index (χ0) is 16.7. The van der Waals surface area contributed by atoms with Crippen molar-refractivity contribution in [2.45, 2.75) is 45.1 Å². The third-order valence-electron chi connectivity index (χ3n) is 4.25. The van der Waals surface area contributed by atoms with Crippen LogP contribution in [0.5, 0.6) is 0 Å². The van der Waals surface area contributed by atoms with Gasteiger partial charge in [-0.1, -0.05) is 0 Å². The third-order valence-corrected chi connectivity index (χ3v) is 4.25. The number of nitrogens with zero attached hydrogens (tertiary/aromatic N) is 1. The summed E-state index contributed by atoms with van der Waals surface area (Å²) in [4.78, 5) is 14.2. The van der Waals surface area contributed by atoms with Gasteiger partial charge >= 0.3 is 6.03 Å². The second kappa shape index (κ2) is 8.36. The molecule has 130 valence electrons. The number of unbranched alkanes of at least 4 members (excludes halogenated alkanes) is 1. The molecule has 2 amide bonds. The molecule has 1 aliphatic rings. The Morgan fingerprint density at radius 1 is 1.30 bits per heavy atom. The van der Waals surface area contributed by atoms with Crippen LogP contribution in [0.1, 0.15) is 44.1 Å². The maximum Gasteiger partial charge on any atom is 0.314 e. The summed E-state index contributed by atoms with van der Waals surface area (Å²) in [6.45, 7) is 7.77. The molecule has 0 saturated carbocycles. The number of furan rings is 1. The zero-order valence-electron chi connectivity index (χ0n) is 14.2. The number of hydrogen-bond donors (Lipinski definition) is 3. The minimum atomic E-state index is -1.21. The molecule has 0 radical (unpaired) electrons. The van der Waals surface area contributed by atoms with Gasteiger partial charge in [0.05, 0.1) is 6.54 Å². The number of amides is 2. The van der Waals surface area contributed by atoms with Crippen LogP contribution in [-0.4, -0.2) is 48.8 Å². The SMILES string of the molecule is Cc1ccc(C(C)(O)CNC(=O)NCCCCN2CCCC2)o1. The molecule has 6 heteroatoms. The van der Waals surface area contributed by atoms with Crippen molar-refractivity contribution in [2.75, 3.05) is 32.7 Å². The van der Waals surface area contributed by atoms with E-state index in [0.29, 0.717) is 12.3 Å². The van der Waals surface area contributed by atoms with E-state index in [1.807, 2.05) is 6.92 Å². The van der Waals surface area contributed by atoms with Gasteiger partial charge < -0.3 is 25.1 Å². The highest BCUT2D eigenvalue weighted by Crippen LogP contribution is 2.21. The fraction of sp³-hybridized carbons (Fsp3) is 0.706. The average molecular weight is 323 g/mol. The number of aryl methyl sites for hydroxylation is 1. The molecule has 2 rings (SSSR count). The summed E-state index contributed by atoms with van der Waals surface area (Å²) in [5, 5.41) is 15.9. The molecule has 1 aliphatic heterocycles. The van der Waals surface area contributed by atoms with Gasteiger partial charge in [-0.15, -0.1) is 0 Å². The standard InChI is InChI=1S/C17H29N3O3/c1-14-7-8-15(23-14)17(2,22)13-19-16(21)18-9-3-4-10-20-11-5-6-12-20/h7-8,22H,3-6,9-13H2,1-2H3,(H2,18,19,21). The Hall–Kier alpha value is -1.53. The van der Waals surface area contributed by atoms with Gasteiger partial charge in [0.1, 0.15) is 17.1 Å². The molecule has 6 nitrogen and oxygen atoms in total. The van der Waals surface area contributed by atoms with Crippen molar-refractivity contribution in [3.63, 3.8) is 0 Å². The lowest BCUT2D eigenvalue weighted by atomic mass is 10.0. The van der Waals surface area contributed by atoms with Crippen LogP contribution in [0.2, 0.25) is 0 Å². The Labute approximate surface area is 138 Å². The highest BCUT2D eigenvalue weighted by atomic mass is 16.4. The van der Waals surface area contributed by atoms with Gasteiger partial charge in [0.25, 0.3) is 0 Å². The van der Waals surface area contributed by atoms with Crippen LogP contribution in [0.4, 0.5) is 4.79 Å². The Morgan fingerprint density at radius 2 is 2.04 bits per heavy atom. The maximum absolute atomic E-state index is 11.8. The predicted molar refractivity (Wildman–Crippen MR) is 89.3 cm³/mol. The van der Waals surface area contributed by atoms with Gasteiger partial charge in [0, 0.05) is 6.54 Å². The summed E-state index contributed by atoms with van der Waals surface area (Å²) in [7, 11) is 0. The van der Waals surface area contributed by atoms with Crippen LogP contribution in [-0.2, 0) is 5.60 Å². The molecule has 3 N–H and O–H groups in total. The molecule has 1 aromatic heterocycles. The van der Waals surface area contributed by atoms with Crippen molar-refractivity contribution in [2.24, 2.45) is 0 Å². The van der Waals surface area contributed by atoms with Gasteiger partial charge in [-0.2, -0.15) is 0 Å². The molecule has 0 bridgehead atoms. The van der Waals surface area contributed by atoms with E-state index in [-0.39, 0.29) is 12.6 Å². The minimum absolute atomic E-state index is 0.111. The summed E-state index contributed by atoms with van der Waals surface area (Å²) < 4.78 is 5.42. The first kappa shape index (κ1) is 17.8. The molecule has 2 heterocycles. The highest BCUT2D eigenvalue weighted by Gasteiger charge is 2.27. The fourth-order valence-electron chi connectivity index (χ4n) is 2.79. The first-order valence-electron chi connectivity index (χ1n) is 8.51. The highest BCUT2D eigenvalue weighted by molar-refractivity contribution is 5.73. The summed E-state index contributed by atoms with van der Waals surface area (Å²) in [5.74, 6) is 1.20. The van der Waals surface area contributed by atoms with Gasteiger partial charge in [0.2, 0.25) is 0 Å². The van der Waals surface area contributed by atoms with Crippen LogP contribution in [0.15, 0.2) is 16.5 Å². The Bertz CT molecular complexity index is 493. The zero-order valence-corrected chi connectivity index (χ0v) is 14.2. The molecular weight excluding hydrogens is 294 g/mol. The van der Waals surface area contributed by atoms with E-state index in [4.69, 9.17) is 4.42 Å². The molecule has 0 aliphatic carbocycles. The smallest absolute Gasteiger partial charge is 0.314 e. The lowest BCUT2D eigenvalue weighted by Crippen LogP contribution is -2.43. The van der Waals surface area contributed by atoms with Gasteiger partial charge in [0.15, 0.2) is 0 Å². The number of urea groups is 1. The number of carbonyl (C=O) groups excluding carboxylic acids is 1. The van der Waals surface area contributed by atoms with E-state index in [2.05, 4.69) is 15.5 Å². The fourth-order valence-corrected chi connectivity index (χ4v) is 2.79. The van der Waals surface area contributed by atoms with E-state index in [1.165, 1.54) is 25.9 Å². The lowest BCUT2D eigenvalue weighted by molar-refractivity contribution is 0.0360. The minimum Gasteiger partial charge on any atom is -0.463 e. The summed E-state index contributed by atoms with van der Waals surface area (Å²) in [6, 6.07) is 3.27. The van der Waals surface area contributed by atoms with Crippen molar-refractivity contribution in [1.29, 1.82) is 0 Å². The summed E-state index contributed by atoms with van der Waals surface area (Å²) in [6.07, 6.45) is 4.70. The second-order valence-corrected chi connectivity index (χ2v) is 6.55. The third kappa shape index (κ3) is 5.88. The van der Waals surface area contributed by atoms with Gasteiger partial charge in [-0.25, -0.2) is 4.79 Å². The maximum atomic E-state index is 11.8. The molecule has 0 aromatic carbocycles. The van der Waals surface area contributed by atoms with E-state index in [1.54, 1.807) is 19.1 Å². The van der Waals surface area contributed by atoms with Crippen LogP contribution in [0.25, 0.3) is 0 Å². The number of aliphatic hydroxyl groups is 1. The van der Waals surface area contributed by atoms with Crippen LogP contribution in [0, 0.1) is 6.92 Å². The Kier molecular flexibility index (Phi) is 6.47. The van der Waals surface area contributed by atoms with Gasteiger partial charge in [-0.3, -0.25) is 0 Å². The molecular formula is C17H29N3O3. The van der Waals surface area contributed by atoms with Crippen molar-refractivity contribution in [1.82, 2.24) is 15.5 Å². The monoisotopic (exact) mass is 323 g/mol. The normalized spacial score (nSPS) is 17.9. The quantitative estimate of drug-likeness (QED) is 0.639. The van der Waals surface area contributed by atoms with Crippen LogP contribution < -0.4 is 10.6 Å². The molecule has 23 heavy (non-hydrogen) atoms. The largest absolute Gasteiger partial charge is 0.463 e. The summed E-state index contributed by atoms with van der Waals surface area (Å²) in [5.41, 5.74) is -1.21. The van der Waals surface area contributed by atoms with Crippen molar-refractivity contribution in [3.05, 3.63) is 23.7 Å². The number of nitrogens with one attached hydrogen (secondary N) is 2. The number of carbonyl (C=O) groups is 1. The first-order chi connectivity index (χ1) is 11.0. The van der Waals surface area contributed by atoms with E-state index in [9.17, 15) is 9.90 Å². The molecule has 1 fully saturated rings. The summed E-state index contributed by atoms with van der Waals surface area (Å²) >= 11 is 0. The first-order valence-corrected chi connectivity index (χ1v) is 8.51. The van der Waals surface area contributed by atoms with Crippen LogP contribution >= 0.6 is 0 Å². The van der Waals surface area contributed by atoms with E-state index < -0.39 is 5.60 Å². The van der Waals surface area contributed by atoms with Gasteiger partial charge in [-0.05, 0) is 71.3 Å². The predicted octanol–water partition coefficient (Wildman–Crippen LogP) is 1.97. The van der Waals surface area contributed by atoms with Crippen molar-refractivity contribution in [3.8, 4) is 0 Å². The number of likely N-dealkylation sites (tertiary alicyclic amines) is 1. The molecule has 1 aromatic rings. The van der Waals surface area contributed by atoms with Crippen molar-refractivity contribution >= 4 is 6.03 Å². The number of hydrogen-bond acceptors (Lipinski definition) is 4. The van der Waals surface area contributed by atoms with E-state index >= 15 is 0 Å². The molecule has 1 atom stereocenters. The average Bonchev–Trinajstić information content (AvgIpc) is 3.16. The topological polar surface area (TPSA) is 77.7 Å². The van der Waals surface area contributed by atoms with E-state index in [0.717, 1.165) is 25.1 Å². The lowest BCUT2D eigenvalue weighted by Gasteiger charge is -2.21.